The summed E-state index contributed by atoms with van der Waals surface area (Å²) in [6.45, 7) is 0. The Morgan fingerprint density at radius 2 is 2.00 bits per heavy atom. The highest BCUT2D eigenvalue weighted by molar-refractivity contribution is 14.1. The van der Waals surface area contributed by atoms with Crippen molar-refractivity contribution in [3.05, 3.63) is 21.0 Å². The van der Waals surface area contributed by atoms with Gasteiger partial charge in [0, 0.05) is 6.07 Å². The van der Waals surface area contributed by atoms with Gasteiger partial charge in [-0.15, -0.1) is 13.2 Å². The lowest BCUT2D eigenvalue weighted by atomic mass is 10.2. The third-order valence-electron chi connectivity index (χ3n) is 1.57. The van der Waals surface area contributed by atoms with Crippen molar-refractivity contribution >= 4 is 28.9 Å². The predicted octanol–water partition coefficient (Wildman–Crippen LogP) is 3.33. The van der Waals surface area contributed by atoms with Crippen molar-refractivity contribution in [1.29, 1.82) is 0 Å². The molecule has 0 N–H and O–H groups in total. The molecule has 9 heteroatoms. The summed E-state index contributed by atoms with van der Waals surface area (Å²) in [4.78, 5) is 13.8. The highest BCUT2D eigenvalue weighted by Gasteiger charge is 2.33. The van der Waals surface area contributed by atoms with Crippen LogP contribution in [0.15, 0.2) is 6.07 Å². The number of aldehydes is 1. The Bertz CT molecular complexity index is 435. The zero-order chi connectivity index (χ0) is 13.2. The van der Waals surface area contributed by atoms with Crippen LogP contribution in [0.1, 0.15) is 22.5 Å². The van der Waals surface area contributed by atoms with Crippen LogP contribution in [0, 0.1) is 3.70 Å². The third-order valence-corrected chi connectivity index (χ3v) is 2.12. The van der Waals surface area contributed by atoms with Crippen molar-refractivity contribution in [3.8, 4) is 5.75 Å². The molecular weight excluding hydrogens is 364 g/mol. The van der Waals surface area contributed by atoms with E-state index in [9.17, 15) is 26.7 Å². The normalized spacial score (nSPS) is 11.7. The minimum atomic E-state index is -5.07. The summed E-state index contributed by atoms with van der Waals surface area (Å²) in [6, 6.07) is 0.754. The van der Waals surface area contributed by atoms with Gasteiger partial charge in [0.2, 0.25) is 0 Å². The van der Waals surface area contributed by atoms with Crippen molar-refractivity contribution < 1.29 is 31.5 Å². The maximum atomic E-state index is 12.4. The lowest BCUT2D eigenvalue weighted by Crippen LogP contribution is -2.19. The smallest absolute Gasteiger partial charge is 0.405 e. The Hall–Kier alpha value is -1.00. The molecule has 3 nitrogen and oxygen atoms in total. The first-order valence-corrected chi connectivity index (χ1v) is 5.02. The number of aromatic nitrogens is 1. The van der Waals surface area contributed by atoms with E-state index in [1.807, 2.05) is 0 Å². The number of rotatable bonds is 3. The Morgan fingerprint density at radius 3 is 2.41 bits per heavy atom. The second-order valence-corrected chi connectivity index (χ2v) is 3.81. The summed E-state index contributed by atoms with van der Waals surface area (Å²) in [7, 11) is 0. The van der Waals surface area contributed by atoms with Crippen molar-refractivity contribution in [3.63, 3.8) is 0 Å². The number of carbonyl (C=O) groups is 1. The van der Waals surface area contributed by atoms with Gasteiger partial charge in [0.25, 0.3) is 6.43 Å². The van der Waals surface area contributed by atoms with Crippen molar-refractivity contribution in [2.24, 2.45) is 0 Å². The fourth-order valence-corrected chi connectivity index (χ4v) is 1.56. The number of pyridine rings is 1. The molecule has 0 saturated heterocycles. The predicted molar refractivity (Wildman–Crippen MR) is 54.0 cm³/mol. The SMILES string of the molecule is O=Cc1c(OC(F)(F)F)cc(I)nc1C(F)F. The molecule has 0 atom stereocenters. The maximum Gasteiger partial charge on any atom is 0.573 e. The van der Waals surface area contributed by atoms with Crippen LogP contribution in [0.3, 0.4) is 0 Å². The lowest BCUT2D eigenvalue weighted by molar-refractivity contribution is -0.274. The molecule has 1 aromatic heterocycles. The first-order chi connectivity index (χ1) is 7.74. The summed E-state index contributed by atoms with van der Waals surface area (Å²) < 4.78 is 64.2. The zero-order valence-electron chi connectivity index (χ0n) is 7.76. The average Bonchev–Trinajstić information content (AvgIpc) is 2.14. The summed E-state index contributed by atoms with van der Waals surface area (Å²) >= 11 is 1.44. The fourth-order valence-electron chi connectivity index (χ4n) is 1.01. The van der Waals surface area contributed by atoms with Gasteiger partial charge < -0.3 is 4.74 Å². The van der Waals surface area contributed by atoms with E-state index in [1.165, 1.54) is 22.6 Å². The molecule has 0 bridgehead atoms. The molecule has 1 rings (SSSR count). The number of ether oxygens (including phenoxy) is 1. The summed E-state index contributed by atoms with van der Waals surface area (Å²) in [5.74, 6) is -0.984. The van der Waals surface area contributed by atoms with Crippen LogP contribution in [0.5, 0.6) is 5.75 Å². The minimum absolute atomic E-state index is 0.136. The first-order valence-electron chi connectivity index (χ1n) is 3.94. The van der Waals surface area contributed by atoms with E-state index in [-0.39, 0.29) is 9.99 Å². The minimum Gasteiger partial charge on any atom is -0.405 e. The van der Waals surface area contributed by atoms with Crippen LogP contribution in [-0.4, -0.2) is 17.6 Å². The van der Waals surface area contributed by atoms with Crippen LogP contribution >= 0.6 is 22.6 Å². The topological polar surface area (TPSA) is 39.2 Å². The average molecular weight is 367 g/mol. The van der Waals surface area contributed by atoms with Gasteiger partial charge in [-0.3, -0.25) is 4.79 Å². The van der Waals surface area contributed by atoms with E-state index >= 15 is 0 Å². The molecule has 0 aromatic carbocycles. The van der Waals surface area contributed by atoms with Crippen molar-refractivity contribution in [2.75, 3.05) is 0 Å². The first kappa shape index (κ1) is 14.1. The van der Waals surface area contributed by atoms with E-state index in [4.69, 9.17) is 0 Å². The van der Waals surface area contributed by atoms with Crippen LogP contribution in [0.2, 0.25) is 0 Å². The monoisotopic (exact) mass is 367 g/mol. The standard InChI is InChI=1S/C8H3F5INO2/c9-7(10)6-3(2-16)4(1-5(14)15-6)17-8(11,12)13/h1-2,7H. The van der Waals surface area contributed by atoms with Gasteiger partial charge in [0.05, 0.1) is 5.56 Å². The summed E-state index contributed by atoms with van der Waals surface area (Å²) in [6.07, 6.45) is -8.38. The Balaban J connectivity index is 3.33. The summed E-state index contributed by atoms with van der Waals surface area (Å²) in [5, 5.41) is 0. The van der Waals surface area contributed by atoms with Crippen LogP contribution in [0.25, 0.3) is 0 Å². The molecule has 94 valence electrons. The Kier molecular flexibility index (Phi) is 4.22. The number of hydrogen-bond acceptors (Lipinski definition) is 3. The van der Waals surface area contributed by atoms with Gasteiger partial charge in [-0.1, -0.05) is 0 Å². The summed E-state index contributed by atoms with van der Waals surface area (Å²) in [5.41, 5.74) is -1.94. The molecule has 0 aliphatic rings. The van der Waals surface area contributed by atoms with Crippen LogP contribution in [-0.2, 0) is 0 Å². The maximum absolute atomic E-state index is 12.4. The van der Waals surface area contributed by atoms with Crippen molar-refractivity contribution in [2.45, 2.75) is 12.8 Å². The van der Waals surface area contributed by atoms with Gasteiger partial charge in [-0.25, -0.2) is 13.8 Å². The molecule has 0 saturated carbocycles. The van der Waals surface area contributed by atoms with E-state index in [0.717, 1.165) is 6.07 Å². The van der Waals surface area contributed by atoms with Crippen LogP contribution in [0.4, 0.5) is 22.0 Å². The molecule has 0 aliphatic heterocycles. The number of hydrogen-bond donors (Lipinski definition) is 0. The lowest BCUT2D eigenvalue weighted by Gasteiger charge is -2.13. The molecule has 0 amide bonds. The number of nitrogens with zero attached hydrogens (tertiary/aromatic N) is 1. The number of alkyl halides is 5. The highest BCUT2D eigenvalue weighted by atomic mass is 127. The van der Waals surface area contributed by atoms with E-state index in [0.29, 0.717) is 0 Å². The van der Waals surface area contributed by atoms with Crippen molar-refractivity contribution in [1.82, 2.24) is 4.98 Å². The molecule has 0 fully saturated rings. The molecule has 1 heterocycles. The second-order valence-electron chi connectivity index (χ2n) is 2.71. The van der Waals surface area contributed by atoms with E-state index in [2.05, 4.69) is 9.72 Å². The van der Waals surface area contributed by atoms with Gasteiger partial charge in [0.15, 0.2) is 6.29 Å². The molecule has 1 aromatic rings. The number of halogens is 6. The quantitative estimate of drug-likeness (QED) is 0.356. The molecule has 0 radical (unpaired) electrons. The molecule has 0 unspecified atom stereocenters. The fraction of sp³-hybridized carbons (Fsp3) is 0.250. The van der Waals surface area contributed by atoms with Gasteiger partial charge in [-0.2, -0.15) is 0 Å². The Labute approximate surface area is 105 Å². The highest BCUT2D eigenvalue weighted by Crippen LogP contribution is 2.32. The van der Waals surface area contributed by atoms with E-state index in [1.54, 1.807) is 0 Å². The zero-order valence-corrected chi connectivity index (χ0v) is 9.92. The van der Waals surface area contributed by atoms with Gasteiger partial charge >= 0.3 is 6.36 Å². The molecular formula is C8H3F5INO2. The van der Waals surface area contributed by atoms with Crippen LogP contribution < -0.4 is 4.74 Å². The van der Waals surface area contributed by atoms with Gasteiger partial charge in [0.1, 0.15) is 15.1 Å². The van der Waals surface area contributed by atoms with E-state index < -0.39 is 29.8 Å². The molecule has 0 aliphatic carbocycles. The molecule has 17 heavy (non-hydrogen) atoms. The third kappa shape index (κ3) is 3.75. The van der Waals surface area contributed by atoms with Gasteiger partial charge in [-0.05, 0) is 22.6 Å². The molecule has 0 spiro atoms. The Morgan fingerprint density at radius 1 is 1.41 bits per heavy atom. The largest absolute Gasteiger partial charge is 0.573 e. The second kappa shape index (κ2) is 5.10. The number of carbonyl (C=O) groups excluding carboxylic acids is 1.